The van der Waals surface area contributed by atoms with E-state index < -0.39 is 20.8 Å². The number of nitrogens with one attached hydrogen (secondary N) is 1. The number of nitrogens with two attached hydrogens (primary N) is 1. The van der Waals surface area contributed by atoms with Crippen LogP contribution in [0.25, 0.3) is 0 Å². The van der Waals surface area contributed by atoms with E-state index in [0.29, 0.717) is 17.0 Å². The second-order valence-corrected chi connectivity index (χ2v) is 6.99. The Morgan fingerprint density at radius 2 is 2.00 bits per heavy atom. The van der Waals surface area contributed by atoms with Crippen molar-refractivity contribution in [3.8, 4) is 0 Å². The lowest BCUT2D eigenvalue weighted by Crippen LogP contribution is -2.29. The zero-order valence-electron chi connectivity index (χ0n) is 9.55. The van der Waals surface area contributed by atoms with Crippen molar-refractivity contribution in [2.24, 2.45) is 0 Å². The summed E-state index contributed by atoms with van der Waals surface area (Å²) in [5.74, 6) is 0.152. The van der Waals surface area contributed by atoms with E-state index in [1.54, 1.807) is 24.3 Å². The molecule has 1 aromatic carbocycles. The van der Waals surface area contributed by atoms with Crippen molar-refractivity contribution < 1.29 is 12.6 Å². The molecule has 0 saturated heterocycles. The van der Waals surface area contributed by atoms with Crippen molar-refractivity contribution in [2.45, 2.75) is 5.75 Å². The normalized spacial score (nSPS) is 13.5. The molecule has 1 atom stereocenters. The van der Waals surface area contributed by atoms with Gasteiger partial charge in [-0.1, -0.05) is 18.2 Å². The summed E-state index contributed by atoms with van der Waals surface area (Å²) >= 11 is 0. The first kappa shape index (κ1) is 14.1. The Labute approximate surface area is 104 Å². The van der Waals surface area contributed by atoms with Gasteiger partial charge in [0.1, 0.15) is 0 Å². The van der Waals surface area contributed by atoms with Crippen LogP contribution in [0, 0.1) is 0 Å². The number of benzene rings is 1. The standard InChI is InChI=1S/C10H16N2O3S2/c1-16(13)7-6-12-17(14,15)8-9-4-2-3-5-10(9)11/h2-5,12H,6-8,11H2,1H3. The second kappa shape index (κ2) is 6.13. The topological polar surface area (TPSA) is 89.3 Å². The molecule has 0 aliphatic heterocycles. The molecule has 1 aromatic rings. The van der Waals surface area contributed by atoms with Crippen LogP contribution < -0.4 is 10.5 Å². The molecule has 1 unspecified atom stereocenters. The van der Waals surface area contributed by atoms with E-state index >= 15 is 0 Å². The number of sulfonamides is 1. The Balaban J connectivity index is 2.61. The van der Waals surface area contributed by atoms with Gasteiger partial charge in [0.15, 0.2) is 0 Å². The van der Waals surface area contributed by atoms with Crippen LogP contribution in [0.4, 0.5) is 5.69 Å². The van der Waals surface area contributed by atoms with E-state index in [9.17, 15) is 12.6 Å². The number of hydrogen-bond donors (Lipinski definition) is 2. The minimum atomic E-state index is -3.42. The average Bonchev–Trinajstić information content (AvgIpc) is 2.20. The molecule has 0 aliphatic carbocycles. The predicted molar refractivity (Wildman–Crippen MR) is 70.4 cm³/mol. The van der Waals surface area contributed by atoms with E-state index in [2.05, 4.69) is 4.72 Å². The zero-order valence-corrected chi connectivity index (χ0v) is 11.2. The first-order valence-corrected chi connectivity index (χ1v) is 8.39. The minimum absolute atomic E-state index is 0.157. The van der Waals surface area contributed by atoms with E-state index in [1.165, 1.54) is 6.26 Å². The van der Waals surface area contributed by atoms with Crippen molar-refractivity contribution >= 4 is 26.5 Å². The summed E-state index contributed by atoms with van der Waals surface area (Å²) in [6.07, 6.45) is 1.53. The van der Waals surface area contributed by atoms with Crippen molar-refractivity contribution in [3.05, 3.63) is 29.8 Å². The van der Waals surface area contributed by atoms with Gasteiger partial charge in [-0.05, 0) is 11.6 Å². The largest absolute Gasteiger partial charge is 0.398 e. The smallest absolute Gasteiger partial charge is 0.215 e. The number of nitrogen functional groups attached to an aromatic ring is 1. The van der Waals surface area contributed by atoms with Crippen molar-refractivity contribution in [1.82, 2.24) is 4.72 Å². The summed E-state index contributed by atoms with van der Waals surface area (Å²) in [6, 6.07) is 6.82. The Kier molecular flexibility index (Phi) is 5.10. The molecule has 0 bridgehead atoms. The summed E-state index contributed by atoms with van der Waals surface area (Å²) < 4.78 is 36.5. The molecule has 0 saturated carbocycles. The third-order valence-electron chi connectivity index (χ3n) is 2.11. The first-order valence-electron chi connectivity index (χ1n) is 5.01. The van der Waals surface area contributed by atoms with E-state index in [-0.39, 0.29) is 12.3 Å². The maximum absolute atomic E-state index is 11.7. The summed E-state index contributed by atoms with van der Waals surface area (Å²) in [4.78, 5) is 0. The van der Waals surface area contributed by atoms with E-state index in [1.807, 2.05) is 0 Å². The van der Waals surface area contributed by atoms with E-state index in [0.717, 1.165) is 0 Å². The van der Waals surface area contributed by atoms with Crippen molar-refractivity contribution in [2.75, 3.05) is 24.3 Å². The van der Waals surface area contributed by atoms with Crippen LogP contribution in [-0.2, 0) is 26.6 Å². The van der Waals surface area contributed by atoms with E-state index in [4.69, 9.17) is 5.73 Å². The van der Waals surface area contributed by atoms with Gasteiger partial charge in [-0.2, -0.15) is 0 Å². The Bertz CT molecular complexity index is 500. The predicted octanol–water partition coefficient (Wildman–Crippen LogP) is 0.0667. The Morgan fingerprint density at radius 1 is 1.35 bits per heavy atom. The third-order valence-corrected chi connectivity index (χ3v) is 4.23. The fourth-order valence-electron chi connectivity index (χ4n) is 1.26. The van der Waals surface area contributed by atoms with Gasteiger partial charge in [0.2, 0.25) is 10.0 Å². The van der Waals surface area contributed by atoms with Crippen LogP contribution in [0.15, 0.2) is 24.3 Å². The van der Waals surface area contributed by atoms with Crippen LogP contribution >= 0.6 is 0 Å². The summed E-state index contributed by atoms with van der Waals surface area (Å²) in [5, 5.41) is 0. The Hall–Kier alpha value is -0.920. The number of rotatable bonds is 6. The van der Waals surface area contributed by atoms with Crippen LogP contribution in [0.5, 0.6) is 0 Å². The Morgan fingerprint density at radius 3 is 2.59 bits per heavy atom. The van der Waals surface area contributed by atoms with Crippen molar-refractivity contribution in [1.29, 1.82) is 0 Å². The highest BCUT2D eigenvalue weighted by Crippen LogP contribution is 2.13. The highest BCUT2D eigenvalue weighted by atomic mass is 32.2. The highest BCUT2D eigenvalue weighted by molar-refractivity contribution is 7.88. The van der Waals surface area contributed by atoms with Gasteiger partial charge in [-0.15, -0.1) is 0 Å². The molecule has 3 N–H and O–H groups in total. The highest BCUT2D eigenvalue weighted by Gasteiger charge is 2.12. The van der Waals surface area contributed by atoms with Gasteiger partial charge < -0.3 is 5.73 Å². The van der Waals surface area contributed by atoms with Crippen LogP contribution in [0.3, 0.4) is 0 Å². The molecule has 0 fully saturated rings. The first-order chi connectivity index (χ1) is 7.91. The SMILES string of the molecule is CS(=O)CCNS(=O)(=O)Cc1ccccc1N. The number of hydrogen-bond acceptors (Lipinski definition) is 4. The zero-order chi connectivity index (χ0) is 12.9. The van der Waals surface area contributed by atoms with Gasteiger partial charge in [0, 0.05) is 35.0 Å². The van der Waals surface area contributed by atoms with Gasteiger partial charge in [0.25, 0.3) is 0 Å². The summed E-state index contributed by atoms with van der Waals surface area (Å²) in [5.41, 5.74) is 6.69. The lowest BCUT2D eigenvalue weighted by molar-refractivity contribution is 0.583. The molecule has 0 spiro atoms. The lowest BCUT2D eigenvalue weighted by atomic mass is 10.2. The van der Waals surface area contributed by atoms with Gasteiger partial charge in [0.05, 0.1) is 5.75 Å². The van der Waals surface area contributed by atoms with Gasteiger partial charge >= 0.3 is 0 Å². The molecule has 0 amide bonds. The molecule has 0 radical (unpaired) electrons. The quantitative estimate of drug-likeness (QED) is 0.719. The second-order valence-electron chi connectivity index (χ2n) is 3.63. The van der Waals surface area contributed by atoms with Crippen LogP contribution in [0.2, 0.25) is 0 Å². The summed E-state index contributed by atoms with van der Waals surface area (Å²) in [6.45, 7) is 0.179. The third kappa shape index (κ3) is 5.29. The fourth-order valence-corrected chi connectivity index (χ4v) is 2.97. The minimum Gasteiger partial charge on any atom is -0.398 e. The molecule has 7 heteroatoms. The molecule has 0 heterocycles. The fraction of sp³-hybridized carbons (Fsp3) is 0.400. The number of para-hydroxylation sites is 1. The molecule has 96 valence electrons. The van der Waals surface area contributed by atoms with Crippen molar-refractivity contribution in [3.63, 3.8) is 0 Å². The van der Waals surface area contributed by atoms with Crippen LogP contribution in [-0.4, -0.2) is 31.2 Å². The number of anilines is 1. The molecule has 5 nitrogen and oxygen atoms in total. The van der Waals surface area contributed by atoms with Gasteiger partial charge in [-0.25, -0.2) is 13.1 Å². The molecule has 17 heavy (non-hydrogen) atoms. The molecule has 0 aliphatic rings. The molecule has 0 aromatic heterocycles. The summed E-state index contributed by atoms with van der Waals surface area (Å²) in [7, 11) is -4.42. The molecular formula is C10H16N2O3S2. The monoisotopic (exact) mass is 276 g/mol. The molecule has 1 rings (SSSR count). The maximum Gasteiger partial charge on any atom is 0.215 e. The lowest BCUT2D eigenvalue weighted by Gasteiger charge is -2.07. The maximum atomic E-state index is 11.7. The van der Waals surface area contributed by atoms with Gasteiger partial charge in [-0.3, -0.25) is 4.21 Å². The average molecular weight is 276 g/mol. The molecular weight excluding hydrogens is 260 g/mol. The van der Waals surface area contributed by atoms with Crippen LogP contribution in [0.1, 0.15) is 5.56 Å².